The van der Waals surface area contributed by atoms with Gasteiger partial charge in [0, 0.05) is 6.04 Å². The number of hydrogen-bond acceptors (Lipinski definition) is 3. The summed E-state index contributed by atoms with van der Waals surface area (Å²) in [6, 6.07) is 0.00170. The minimum absolute atomic E-state index is 0.00170. The Labute approximate surface area is 127 Å². The summed E-state index contributed by atoms with van der Waals surface area (Å²) in [6.45, 7) is 5.78. The van der Waals surface area contributed by atoms with Gasteiger partial charge in [0.15, 0.2) is 0 Å². The largest absolute Gasteiger partial charge is 0.480 e. The fourth-order valence-corrected chi connectivity index (χ4v) is 2.74. The van der Waals surface area contributed by atoms with Crippen LogP contribution in [0.5, 0.6) is 0 Å². The Hall–Kier alpha value is -1.52. The standard InChI is InChI=1S/C16H27NO4/c1-3-8-13(4-2)12-21-16(20)17(11-15(18)19)14-9-6-5-7-10-14/h3,13-14H,1,4-12H2,2H3,(H,18,19)/t13-/m0/s1. The first-order valence-electron chi connectivity index (χ1n) is 7.84. The van der Waals surface area contributed by atoms with E-state index in [4.69, 9.17) is 9.84 Å². The van der Waals surface area contributed by atoms with Crippen molar-refractivity contribution in [3.8, 4) is 0 Å². The maximum atomic E-state index is 12.2. The van der Waals surface area contributed by atoms with E-state index in [1.54, 1.807) is 0 Å². The molecule has 0 bridgehead atoms. The summed E-state index contributed by atoms with van der Waals surface area (Å²) in [5.74, 6) is -0.736. The van der Waals surface area contributed by atoms with E-state index in [9.17, 15) is 9.59 Å². The molecule has 1 N–H and O–H groups in total. The molecule has 21 heavy (non-hydrogen) atoms. The van der Waals surface area contributed by atoms with Crippen LogP contribution in [0.25, 0.3) is 0 Å². The zero-order valence-corrected chi connectivity index (χ0v) is 12.9. The monoisotopic (exact) mass is 297 g/mol. The van der Waals surface area contributed by atoms with E-state index in [0.717, 1.165) is 44.9 Å². The van der Waals surface area contributed by atoms with E-state index >= 15 is 0 Å². The van der Waals surface area contributed by atoms with E-state index in [1.807, 2.05) is 13.0 Å². The molecule has 0 heterocycles. The lowest BCUT2D eigenvalue weighted by Crippen LogP contribution is -2.45. The maximum Gasteiger partial charge on any atom is 0.410 e. The molecule has 5 heteroatoms. The van der Waals surface area contributed by atoms with Crippen molar-refractivity contribution in [3.63, 3.8) is 0 Å². The number of ether oxygens (including phenoxy) is 1. The average Bonchev–Trinajstić information content (AvgIpc) is 2.49. The number of hydrogen-bond donors (Lipinski definition) is 1. The zero-order chi connectivity index (χ0) is 15.7. The lowest BCUT2D eigenvalue weighted by atomic mass is 9.94. The molecule has 0 aromatic carbocycles. The Kier molecular flexibility index (Phi) is 7.87. The molecule has 1 fully saturated rings. The summed E-state index contributed by atoms with van der Waals surface area (Å²) in [6.07, 6.45) is 8.00. The predicted molar refractivity (Wildman–Crippen MR) is 81.2 cm³/mol. The van der Waals surface area contributed by atoms with Gasteiger partial charge < -0.3 is 9.84 Å². The van der Waals surface area contributed by atoms with Gasteiger partial charge in [-0.1, -0.05) is 32.3 Å². The number of carboxylic acid groups (broad SMARTS) is 1. The van der Waals surface area contributed by atoms with Gasteiger partial charge in [-0.25, -0.2) is 4.79 Å². The molecule has 0 aliphatic heterocycles. The number of carboxylic acids is 1. The molecule has 0 saturated heterocycles. The van der Waals surface area contributed by atoms with Crippen LogP contribution in [0.2, 0.25) is 0 Å². The van der Waals surface area contributed by atoms with Gasteiger partial charge in [0.05, 0.1) is 6.61 Å². The van der Waals surface area contributed by atoms with Gasteiger partial charge in [0.1, 0.15) is 6.54 Å². The van der Waals surface area contributed by atoms with Crippen molar-refractivity contribution in [3.05, 3.63) is 12.7 Å². The molecular weight excluding hydrogens is 270 g/mol. The van der Waals surface area contributed by atoms with Gasteiger partial charge in [-0.2, -0.15) is 0 Å². The highest BCUT2D eigenvalue weighted by molar-refractivity contribution is 5.77. The van der Waals surface area contributed by atoms with E-state index in [-0.39, 0.29) is 18.5 Å². The Balaban J connectivity index is 2.57. The number of carbonyl (C=O) groups excluding carboxylic acids is 1. The third kappa shape index (κ3) is 6.19. The highest BCUT2D eigenvalue weighted by Crippen LogP contribution is 2.23. The third-order valence-electron chi connectivity index (χ3n) is 4.08. The molecule has 1 saturated carbocycles. The minimum atomic E-state index is -0.990. The van der Waals surface area contributed by atoms with E-state index in [2.05, 4.69) is 6.58 Å². The molecule has 0 unspecified atom stereocenters. The molecule has 120 valence electrons. The lowest BCUT2D eigenvalue weighted by molar-refractivity contribution is -0.138. The fourth-order valence-electron chi connectivity index (χ4n) is 2.74. The first kappa shape index (κ1) is 17.5. The number of carbonyl (C=O) groups is 2. The van der Waals surface area contributed by atoms with Crippen molar-refractivity contribution in [1.29, 1.82) is 0 Å². The highest BCUT2D eigenvalue weighted by atomic mass is 16.6. The number of amides is 1. The quantitative estimate of drug-likeness (QED) is 0.697. The molecular formula is C16H27NO4. The van der Waals surface area contributed by atoms with Crippen LogP contribution < -0.4 is 0 Å². The van der Waals surface area contributed by atoms with Crippen LogP contribution in [0.3, 0.4) is 0 Å². The summed E-state index contributed by atoms with van der Waals surface area (Å²) >= 11 is 0. The highest BCUT2D eigenvalue weighted by Gasteiger charge is 2.28. The Morgan fingerprint density at radius 1 is 1.38 bits per heavy atom. The topological polar surface area (TPSA) is 66.8 Å². The summed E-state index contributed by atoms with van der Waals surface area (Å²) in [4.78, 5) is 24.6. The summed E-state index contributed by atoms with van der Waals surface area (Å²) in [5, 5.41) is 9.01. The van der Waals surface area contributed by atoms with Crippen molar-refractivity contribution < 1.29 is 19.4 Å². The van der Waals surface area contributed by atoms with Crippen molar-refractivity contribution in [1.82, 2.24) is 4.90 Å². The zero-order valence-electron chi connectivity index (χ0n) is 12.9. The number of rotatable bonds is 8. The van der Waals surface area contributed by atoms with Crippen LogP contribution in [-0.2, 0) is 9.53 Å². The van der Waals surface area contributed by atoms with Crippen LogP contribution in [0.4, 0.5) is 4.79 Å². The maximum absolute atomic E-state index is 12.2. The summed E-state index contributed by atoms with van der Waals surface area (Å²) in [5.41, 5.74) is 0. The Bertz CT molecular complexity index is 350. The third-order valence-corrected chi connectivity index (χ3v) is 4.08. The van der Waals surface area contributed by atoms with Crippen molar-refractivity contribution in [2.45, 2.75) is 57.9 Å². The molecule has 0 spiro atoms. The van der Waals surface area contributed by atoms with Gasteiger partial charge in [0.25, 0.3) is 0 Å². The van der Waals surface area contributed by atoms with Gasteiger partial charge in [-0.15, -0.1) is 6.58 Å². The smallest absolute Gasteiger partial charge is 0.410 e. The van der Waals surface area contributed by atoms with Crippen molar-refractivity contribution >= 4 is 12.1 Å². The molecule has 1 aliphatic rings. The predicted octanol–water partition coefficient (Wildman–Crippen LogP) is 3.44. The van der Waals surface area contributed by atoms with Gasteiger partial charge in [-0.3, -0.25) is 9.69 Å². The normalized spacial score (nSPS) is 17.0. The Morgan fingerprint density at radius 3 is 2.57 bits per heavy atom. The summed E-state index contributed by atoms with van der Waals surface area (Å²) in [7, 11) is 0. The molecule has 1 atom stereocenters. The number of aliphatic carboxylic acids is 1. The number of nitrogens with zero attached hydrogens (tertiary/aromatic N) is 1. The van der Waals surface area contributed by atoms with Crippen molar-refractivity contribution in [2.75, 3.05) is 13.2 Å². The summed E-state index contributed by atoms with van der Waals surface area (Å²) < 4.78 is 5.34. The van der Waals surface area contributed by atoms with Gasteiger partial charge in [0.2, 0.25) is 0 Å². The van der Waals surface area contributed by atoms with Crippen LogP contribution in [0.1, 0.15) is 51.9 Å². The van der Waals surface area contributed by atoms with E-state index < -0.39 is 12.1 Å². The molecule has 1 rings (SSSR count). The lowest BCUT2D eigenvalue weighted by Gasteiger charge is -2.32. The van der Waals surface area contributed by atoms with Crippen molar-refractivity contribution in [2.24, 2.45) is 5.92 Å². The van der Waals surface area contributed by atoms with Crippen LogP contribution in [-0.4, -0.2) is 41.3 Å². The fraction of sp³-hybridized carbons (Fsp3) is 0.750. The molecule has 0 aromatic rings. The van der Waals surface area contributed by atoms with Gasteiger partial charge in [-0.05, 0) is 31.6 Å². The average molecular weight is 297 g/mol. The molecule has 0 aromatic heterocycles. The molecule has 1 aliphatic carbocycles. The van der Waals surface area contributed by atoms with Crippen LogP contribution >= 0.6 is 0 Å². The molecule has 5 nitrogen and oxygen atoms in total. The number of allylic oxidation sites excluding steroid dienone is 1. The molecule has 0 radical (unpaired) electrons. The SMILES string of the molecule is C=CC[C@H](CC)COC(=O)N(CC(=O)O)C1CCCCC1. The second-order valence-corrected chi connectivity index (χ2v) is 5.69. The second kappa shape index (κ2) is 9.42. The van der Waals surface area contributed by atoms with Crippen LogP contribution in [0, 0.1) is 5.92 Å². The minimum Gasteiger partial charge on any atom is -0.480 e. The molecule has 1 amide bonds. The Morgan fingerprint density at radius 2 is 2.05 bits per heavy atom. The first-order valence-corrected chi connectivity index (χ1v) is 7.84. The first-order chi connectivity index (χ1) is 10.1. The van der Waals surface area contributed by atoms with Gasteiger partial charge >= 0.3 is 12.1 Å². The van der Waals surface area contributed by atoms with Crippen LogP contribution in [0.15, 0.2) is 12.7 Å². The van der Waals surface area contributed by atoms with E-state index in [1.165, 1.54) is 4.90 Å². The van der Waals surface area contributed by atoms with E-state index in [0.29, 0.717) is 6.61 Å². The second-order valence-electron chi connectivity index (χ2n) is 5.69.